The van der Waals surface area contributed by atoms with Crippen LogP contribution in [0.4, 0.5) is 0 Å². The second kappa shape index (κ2) is 8.06. The summed E-state index contributed by atoms with van der Waals surface area (Å²) in [5.74, 6) is 0. The molecule has 0 spiro atoms. The monoisotopic (exact) mass is 387 g/mol. The highest BCUT2D eigenvalue weighted by Crippen LogP contribution is 2.40. The first kappa shape index (κ1) is 19.8. The second-order valence-electron chi connectivity index (χ2n) is 8.27. The van der Waals surface area contributed by atoms with E-state index in [1.165, 1.54) is 5.56 Å². The Kier molecular flexibility index (Phi) is 5.69. The van der Waals surface area contributed by atoms with Crippen molar-refractivity contribution in [1.82, 2.24) is 24.8 Å². The Morgan fingerprint density at radius 1 is 1.32 bits per heavy atom. The zero-order valence-corrected chi connectivity index (χ0v) is 17.6. The lowest BCUT2D eigenvalue weighted by atomic mass is 9.72. The number of ether oxygens (including phenoxy) is 2. The van der Waals surface area contributed by atoms with Gasteiger partial charge in [0, 0.05) is 61.3 Å². The predicted molar refractivity (Wildman–Crippen MR) is 109 cm³/mol. The molecule has 0 amide bonds. The lowest BCUT2D eigenvalue weighted by Crippen LogP contribution is -2.66. The van der Waals surface area contributed by atoms with E-state index in [0.29, 0.717) is 6.10 Å². The van der Waals surface area contributed by atoms with Gasteiger partial charge in [-0.15, -0.1) is 0 Å². The minimum absolute atomic E-state index is 0.172. The zero-order valence-electron chi connectivity index (χ0n) is 17.6. The topological polar surface area (TPSA) is 63.9 Å². The summed E-state index contributed by atoms with van der Waals surface area (Å²) in [6.07, 6.45) is 4.57. The quantitative estimate of drug-likeness (QED) is 0.786. The fourth-order valence-corrected chi connectivity index (χ4v) is 4.75. The van der Waals surface area contributed by atoms with Crippen LogP contribution in [-0.2, 0) is 9.47 Å². The van der Waals surface area contributed by atoms with Crippen LogP contribution in [0.25, 0.3) is 5.65 Å². The van der Waals surface area contributed by atoms with Crippen molar-refractivity contribution in [1.29, 1.82) is 0 Å². The van der Waals surface area contributed by atoms with Crippen molar-refractivity contribution < 1.29 is 9.47 Å². The maximum Gasteiger partial charge on any atom is 0.155 e. The summed E-state index contributed by atoms with van der Waals surface area (Å²) in [6, 6.07) is 2.23. The SMILES string of the molecule is CCOC1CC(CNC(C)c2cnc3cc(C)nn3c2C)(N2CCOCC2)C1. The van der Waals surface area contributed by atoms with E-state index in [0.717, 1.165) is 69.3 Å². The van der Waals surface area contributed by atoms with Crippen LogP contribution in [-0.4, -0.2) is 70.6 Å². The van der Waals surface area contributed by atoms with Gasteiger partial charge in [-0.25, -0.2) is 9.50 Å². The van der Waals surface area contributed by atoms with Gasteiger partial charge >= 0.3 is 0 Å². The van der Waals surface area contributed by atoms with E-state index in [-0.39, 0.29) is 11.6 Å². The van der Waals surface area contributed by atoms with Gasteiger partial charge in [-0.3, -0.25) is 4.90 Å². The third-order valence-electron chi connectivity index (χ3n) is 6.39. The summed E-state index contributed by atoms with van der Waals surface area (Å²) in [4.78, 5) is 7.21. The lowest BCUT2D eigenvalue weighted by Gasteiger charge is -2.55. The minimum atomic E-state index is 0.172. The number of morpholine rings is 1. The Balaban J connectivity index is 1.47. The fraction of sp³-hybridized carbons (Fsp3) is 0.714. The van der Waals surface area contributed by atoms with Crippen molar-refractivity contribution in [2.45, 2.75) is 58.2 Å². The van der Waals surface area contributed by atoms with Crippen molar-refractivity contribution in [3.05, 3.63) is 29.2 Å². The summed E-state index contributed by atoms with van der Waals surface area (Å²) >= 11 is 0. The molecule has 2 aliphatic rings. The molecule has 2 aromatic rings. The molecule has 2 fully saturated rings. The Morgan fingerprint density at radius 3 is 2.79 bits per heavy atom. The Labute approximate surface area is 167 Å². The van der Waals surface area contributed by atoms with Crippen LogP contribution in [0.5, 0.6) is 0 Å². The van der Waals surface area contributed by atoms with E-state index in [2.05, 4.69) is 41.1 Å². The number of fused-ring (bicyclic) bond motifs is 1. The molecule has 0 radical (unpaired) electrons. The third-order valence-corrected chi connectivity index (χ3v) is 6.39. The average Bonchev–Trinajstić information content (AvgIpc) is 3.05. The normalized spacial score (nSPS) is 27.1. The van der Waals surface area contributed by atoms with Gasteiger partial charge in [-0.05, 0) is 40.5 Å². The summed E-state index contributed by atoms with van der Waals surface area (Å²) in [5, 5.41) is 8.38. The zero-order chi connectivity index (χ0) is 19.7. The van der Waals surface area contributed by atoms with Gasteiger partial charge in [0.2, 0.25) is 0 Å². The molecular weight excluding hydrogens is 354 g/mol. The smallest absolute Gasteiger partial charge is 0.155 e. The van der Waals surface area contributed by atoms with E-state index >= 15 is 0 Å². The molecule has 7 heteroatoms. The van der Waals surface area contributed by atoms with Crippen LogP contribution >= 0.6 is 0 Å². The molecule has 1 N–H and O–H groups in total. The first-order valence-electron chi connectivity index (χ1n) is 10.5. The molecule has 1 saturated carbocycles. The summed E-state index contributed by atoms with van der Waals surface area (Å²) < 4.78 is 13.4. The molecule has 1 aliphatic heterocycles. The molecule has 3 heterocycles. The molecular formula is C21H33N5O2. The van der Waals surface area contributed by atoms with Gasteiger partial charge in [0.1, 0.15) is 0 Å². The van der Waals surface area contributed by atoms with Crippen molar-refractivity contribution in [2.75, 3.05) is 39.5 Å². The van der Waals surface area contributed by atoms with E-state index < -0.39 is 0 Å². The second-order valence-corrected chi connectivity index (χ2v) is 8.27. The Morgan fingerprint density at radius 2 is 2.07 bits per heavy atom. The molecule has 1 atom stereocenters. The van der Waals surface area contributed by atoms with E-state index in [1.807, 2.05) is 23.7 Å². The summed E-state index contributed by atoms with van der Waals surface area (Å²) in [5.41, 5.74) is 4.43. The highest BCUT2D eigenvalue weighted by Gasteiger charge is 2.49. The van der Waals surface area contributed by atoms with Crippen molar-refractivity contribution >= 4 is 5.65 Å². The van der Waals surface area contributed by atoms with Gasteiger partial charge in [0.05, 0.1) is 25.0 Å². The van der Waals surface area contributed by atoms with Gasteiger partial charge in [-0.1, -0.05) is 0 Å². The van der Waals surface area contributed by atoms with E-state index in [9.17, 15) is 0 Å². The standard InChI is InChI=1S/C21H33N5O2/c1-5-28-18-11-21(12-18,25-6-8-27-9-7-25)14-23-16(3)19-13-22-20-10-15(2)24-26(20)17(19)4/h10,13,16,18,23H,5-9,11-12,14H2,1-4H3. The largest absolute Gasteiger partial charge is 0.379 e. The van der Waals surface area contributed by atoms with Gasteiger partial charge in [0.25, 0.3) is 0 Å². The molecule has 0 aromatic carbocycles. The van der Waals surface area contributed by atoms with Gasteiger partial charge < -0.3 is 14.8 Å². The number of aryl methyl sites for hydroxylation is 2. The number of rotatable bonds is 7. The number of hydrogen-bond acceptors (Lipinski definition) is 6. The van der Waals surface area contributed by atoms with Crippen molar-refractivity contribution in [3.63, 3.8) is 0 Å². The maximum absolute atomic E-state index is 5.88. The number of hydrogen-bond donors (Lipinski definition) is 1. The molecule has 4 rings (SSSR count). The summed E-state index contributed by atoms with van der Waals surface area (Å²) in [7, 11) is 0. The van der Waals surface area contributed by atoms with Crippen LogP contribution < -0.4 is 5.32 Å². The molecule has 2 aromatic heterocycles. The first-order valence-corrected chi connectivity index (χ1v) is 10.5. The molecule has 1 saturated heterocycles. The molecule has 0 bridgehead atoms. The highest BCUT2D eigenvalue weighted by molar-refractivity contribution is 5.42. The maximum atomic E-state index is 5.88. The lowest BCUT2D eigenvalue weighted by molar-refractivity contribution is -0.126. The van der Waals surface area contributed by atoms with Gasteiger partial charge in [-0.2, -0.15) is 5.10 Å². The highest BCUT2D eigenvalue weighted by atomic mass is 16.5. The van der Waals surface area contributed by atoms with Crippen molar-refractivity contribution in [2.24, 2.45) is 0 Å². The molecule has 28 heavy (non-hydrogen) atoms. The van der Waals surface area contributed by atoms with E-state index in [1.54, 1.807) is 0 Å². The average molecular weight is 388 g/mol. The summed E-state index contributed by atoms with van der Waals surface area (Å²) in [6.45, 7) is 13.9. The predicted octanol–water partition coefficient (Wildman–Crippen LogP) is 2.27. The molecule has 7 nitrogen and oxygen atoms in total. The van der Waals surface area contributed by atoms with Crippen molar-refractivity contribution in [3.8, 4) is 0 Å². The number of nitrogens with zero attached hydrogens (tertiary/aromatic N) is 4. The van der Waals surface area contributed by atoms with Crippen LogP contribution in [0.1, 0.15) is 49.7 Å². The van der Waals surface area contributed by atoms with Crippen LogP contribution in [0.2, 0.25) is 0 Å². The van der Waals surface area contributed by atoms with Gasteiger partial charge in [0.15, 0.2) is 5.65 Å². The Bertz CT molecular complexity index is 808. The minimum Gasteiger partial charge on any atom is -0.379 e. The fourth-order valence-electron chi connectivity index (χ4n) is 4.75. The number of nitrogens with one attached hydrogen (secondary N) is 1. The third kappa shape index (κ3) is 3.68. The first-order chi connectivity index (χ1) is 13.5. The molecule has 1 unspecified atom stereocenters. The molecule has 154 valence electrons. The van der Waals surface area contributed by atoms with E-state index in [4.69, 9.17) is 9.47 Å². The number of aromatic nitrogens is 3. The van der Waals surface area contributed by atoms with Crippen LogP contribution in [0.15, 0.2) is 12.3 Å². The Hall–Kier alpha value is -1.54. The van der Waals surface area contributed by atoms with Crippen LogP contribution in [0.3, 0.4) is 0 Å². The molecule has 1 aliphatic carbocycles. The van der Waals surface area contributed by atoms with Crippen LogP contribution in [0, 0.1) is 13.8 Å².